The number of furan rings is 1. The van der Waals surface area contributed by atoms with E-state index in [4.69, 9.17) is 9.15 Å². The van der Waals surface area contributed by atoms with Crippen LogP contribution in [0.25, 0.3) is 0 Å². The molecule has 0 N–H and O–H groups in total. The molecule has 178 valence electrons. The molecule has 34 heavy (non-hydrogen) atoms. The highest BCUT2D eigenvalue weighted by Gasteiger charge is 2.30. The van der Waals surface area contributed by atoms with E-state index in [9.17, 15) is 14.4 Å². The molecule has 3 aromatic rings. The quantitative estimate of drug-likeness (QED) is 0.580. The maximum absolute atomic E-state index is 13.6. The summed E-state index contributed by atoms with van der Waals surface area (Å²) < 4.78 is 12.5. The predicted molar refractivity (Wildman–Crippen MR) is 127 cm³/mol. The van der Waals surface area contributed by atoms with Gasteiger partial charge in [-0.2, -0.15) is 0 Å². The summed E-state index contributed by atoms with van der Waals surface area (Å²) >= 11 is 0. The number of ether oxygens (including phenoxy) is 1. The zero-order chi connectivity index (χ0) is 24.4. The molecule has 1 aliphatic rings. The fraction of sp³-hybridized carbons (Fsp3) is 0.346. The van der Waals surface area contributed by atoms with Crippen molar-refractivity contribution >= 4 is 11.8 Å². The molecule has 2 aromatic heterocycles. The highest BCUT2D eigenvalue weighted by molar-refractivity contribution is 5.98. The number of aryl methyl sites for hydroxylation is 1. The van der Waals surface area contributed by atoms with Gasteiger partial charge in [0.05, 0.1) is 19.4 Å². The molecule has 1 aliphatic heterocycles. The Bertz CT molecular complexity index is 1260. The summed E-state index contributed by atoms with van der Waals surface area (Å²) in [6.45, 7) is 4.84. The topological polar surface area (TPSA) is 85.0 Å². The molecular weight excluding hydrogens is 434 g/mol. The number of pyridine rings is 1. The van der Waals surface area contributed by atoms with E-state index >= 15 is 0 Å². The summed E-state index contributed by atoms with van der Waals surface area (Å²) in [5.74, 6) is 0.535. The Hall–Kier alpha value is -3.81. The van der Waals surface area contributed by atoms with Crippen LogP contribution in [-0.4, -0.2) is 53.4 Å². The van der Waals surface area contributed by atoms with Gasteiger partial charge in [-0.15, -0.1) is 0 Å². The molecule has 1 aromatic carbocycles. The van der Waals surface area contributed by atoms with Crippen LogP contribution in [0.1, 0.15) is 50.7 Å². The number of nitrogens with zero attached hydrogens (tertiary/aromatic N) is 3. The molecule has 0 aliphatic carbocycles. The first-order valence-corrected chi connectivity index (χ1v) is 11.3. The minimum Gasteiger partial charge on any atom is -0.496 e. The highest BCUT2D eigenvalue weighted by Crippen LogP contribution is 2.28. The van der Waals surface area contributed by atoms with Gasteiger partial charge in [-0.3, -0.25) is 14.4 Å². The number of fused-ring (bicyclic) bond motifs is 1. The summed E-state index contributed by atoms with van der Waals surface area (Å²) in [5.41, 5.74) is 2.20. The van der Waals surface area contributed by atoms with E-state index in [2.05, 4.69) is 0 Å². The third-order valence-electron chi connectivity index (χ3n) is 6.55. The normalized spacial score (nSPS) is 14.2. The SMILES string of the molecule is COc1cc(=O)n2c(c1C(=O)N(C)C(C)c1ccco1)CCN(C(=O)c1ccccc1C)CC2. The van der Waals surface area contributed by atoms with Crippen molar-refractivity contribution in [2.24, 2.45) is 0 Å². The van der Waals surface area contributed by atoms with Gasteiger partial charge >= 0.3 is 0 Å². The Morgan fingerprint density at radius 1 is 1.12 bits per heavy atom. The highest BCUT2D eigenvalue weighted by atomic mass is 16.5. The lowest BCUT2D eigenvalue weighted by Crippen LogP contribution is -2.34. The van der Waals surface area contributed by atoms with E-state index in [1.165, 1.54) is 13.2 Å². The molecule has 0 radical (unpaired) electrons. The van der Waals surface area contributed by atoms with Crippen molar-refractivity contribution in [1.82, 2.24) is 14.4 Å². The average Bonchev–Trinajstić information content (AvgIpc) is 3.29. The first-order chi connectivity index (χ1) is 16.3. The van der Waals surface area contributed by atoms with Crippen molar-refractivity contribution in [3.05, 3.63) is 87.2 Å². The molecule has 0 spiro atoms. The maximum atomic E-state index is 13.6. The Kier molecular flexibility index (Phi) is 6.58. The number of aromatic nitrogens is 1. The summed E-state index contributed by atoms with van der Waals surface area (Å²) in [7, 11) is 3.14. The molecule has 0 saturated heterocycles. The predicted octanol–water partition coefficient (Wildman–Crippen LogP) is 3.29. The number of benzene rings is 1. The summed E-state index contributed by atoms with van der Waals surface area (Å²) in [6.07, 6.45) is 1.92. The third-order valence-corrected chi connectivity index (χ3v) is 6.55. The van der Waals surface area contributed by atoms with Gasteiger partial charge in [0.1, 0.15) is 17.1 Å². The van der Waals surface area contributed by atoms with Crippen LogP contribution >= 0.6 is 0 Å². The van der Waals surface area contributed by atoms with Crippen LogP contribution in [-0.2, 0) is 13.0 Å². The van der Waals surface area contributed by atoms with E-state index in [1.54, 1.807) is 33.7 Å². The lowest BCUT2D eigenvalue weighted by Gasteiger charge is -2.26. The van der Waals surface area contributed by atoms with E-state index in [0.717, 1.165) is 5.56 Å². The zero-order valence-electron chi connectivity index (χ0n) is 19.9. The first-order valence-electron chi connectivity index (χ1n) is 11.3. The van der Waals surface area contributed by atoms with E-state index in [1.807, 2.05) is 44.2 Å². The van der Waals surface area contributed by atoms with Crippen molar-refractivity contribution in [3.8, 4) is 5.75 Å². The third kappa shape index (κ3) is 4.23. The van der Waals surface area contributed by atoms with Gasteiger partial charge in [0, 0.05) is 50.4 Å². The lowest BCUT2D eigenvalue weighted by atomic mass is 10.1. The minimum absolute atomic E-state index is 0.0812. The Balaban J connectivity index is 1.68. The Morgan fingerprint density at radius 3 is 2.56 bits per heavy atom. The molecular formula is C26H29N3O5. The van der Waals surface area contributed by atoms with E-state index in [-0.39, 0.29) is 29.2 Å². The van der Waals surface area contributed by atoms with Crippen molar-refractivity contribution in [2.75, 3.05) is 27.2 Å². The maximum Gasteiger partial charge on any atom is 0.259 e. The number of hydrogen-bond donors (Lipinski definition) is 0. The van der Waals surface area contributed by atoms with Crippen molar-refractivity contribution < 1.29 is 18.7 Å². The van der Waals surface area contributed by atoms with Crippen LogP contribution in [0.5, 0.6) is 5.75 Å². The molecule has 2 amide bonds. The molecule has 3 heterocycles. The molecule has 1 unspecified atom stereocenters. The number of methoxy groups -OCH3 is 1. The molecule has 0 bridgehead atoms. The Labute approximate surface area is 198 Å². The average molecular weight is 464 g/mol. The Morgan fingerprint density at radius 2 is 1.88 bits per heavy atom. The largest absolute Gasteiger partial charge is 0.496 e. The van der Waals surface area contributed by atoms with Crippen LogP contribution in [0.3, 0.4) is 0 Å². The molecule has 8 nitrogen and oxygen atoms in total. The standard InChI is InChI=1S/C26H29N3O5/c1-17-8-5-6-9-19(17)25(31)28-12-11-20-24(22(33-4)16-23(30)29(20)14-13-28)26(32)27(3)18(2)21-10-7-15-34-21/h5-10,15-16,18H,11-14H2,1-4H3. The van der Waals surface area contributed by atoms with Crippen LogP contribution in [0.15, 0.2) is 57.9 Å². The lowest BCUT2D eigenvalue weighted by molar-refractivity contribution is 0.0720. The second-order valence-electron chi connectivity index (χ2n) is 8.49. The number of carbonyl (C=O) groups excluding carboxylic acids is 2. The second-order valence-corrected chi connectivity index (χ2v) is 8.49. The molecule has 4 rings (SSSR count). The van der Waals surface area contributed by atoms with Gasteiger partial charge < -0.3 is 23.5 Å². The van der Waals surface area contributed by atoms with E-state index in [0.29, 0.717) is 48.6 Å². The van der Waals surface area contributed by atoms with Gasteiger partial charge in [0.2, 0.25) is 0 Å². The summed E-state index contributed by atoms with van der Waals surface area (Å²) in [4.78, 5) is 43.1. The smallest absolute Gasteiger partial charge is 0.259 e. The second kappa shape index (κ2) is 9.59. The fourth-order valence-corrected chi connectivity index (χ4v) is 4.40. The van der Waals surface area contributed by atoms with Crippen LogP contribution in [0.4, 0.5) is 0 Å². The molecule has 0 saturated carbocycles. The monoisotopic (exact) mass is 463 g/mol. The van der Waals surface area contributed by atoms with Gasteiger partial charge in [-0.1, -0.05) is 18.2 Å². The number of rotatable bonds is 5. The van der Waals surface area contributed by atoms with Gasteiger partial charge in [-0.25, -0.2) is 0 Å². The van der Waals surface area contributed by atoms with Crippen molar-refractivity contribution in [2.45, 2.75) is 32.9 Å². The summed E-state index contributed by atoms with van der Waals surface area (Å²) in [5, 5.41) is 0. The van der Waals surface area contributed by atoms with Crippen molar-refractivity contribution in [1.29, 1.82) is 0 Å². The first kappa shape index (κ1) is 23.4. The molecule has 0 fully saturated rings. The van der Waals surface area contributed by atoms with Crippen LogP contribution < -0.4 is 10.3 Å². The van der Waals surface area contributed by atoms with Gasteiger partial charge in [0.25, 0.3) is 17.4 Å². The van der Waals surface area contributed by atoms with Crippen LogP contribution in [0, 0.1) is 6.92 Å². The van der Waals surface area contributed by atoms with Crippen LogP contribution in [0.2, 0.25) is 0 Å². The molecule has 1 atom stereocenters. The van der Waals surface area contributed by atoms with Crippen molar-refractivity contribution in [3.63, 3.8) is 0 Å². The minimum atomic E-state index is -0.315. The zero-order valence-corrected chi connectivity index (χ0v) is 19.9. The number of hydrogen-bond acceptors (Lipinski definition) is 5. The number of amides is 2. The fourth-order valence-electron chi connectivity index (χ4n) is 4.40. The van der Waals surface area contributed by atoms with Gasteiger partial charge in [0.15, 0.2) is 0 Å². The summed E-state index contributed by atoms with van der Waals surface area (Å²) in [6, 6.07) is 12.1. The number of carbonyl (C=O) groups is 2. The molecule has 8 heteroatoms. The van der Waals surface area contributed by atoms with Gasteiger partial charge in [-0.05, 0) is 37.6 Å². The van der Waals surface area contributed by atoms with E-state index < -0.39 is 0 Å².